The number of aromatic nitrogens is 3. The highest BCUT2D eigenvalue weighted by Crippen LogP contribution is 2.38. The van der Waals surface area contributed by atoms with Crippen molar-refractivity contribution in [3.8, 4) is 17.2 Å². The van der Waals surface area contributed by atoms with Gasteiger partial charge in [-0.3, -0.25) is 14.5 Å². The molecule has 0 unspecified atom stereocenters. The summed E-state index contributed by atoms with van der Waals surface area (Å²) in [5.74, 6) is 0.944. The van der Waals surface area contributed by atoms with Crippen LogP contribution in [-0.2, 0) is 16.1 Å². The summed E-state index contributed by atoms with van der Waals surface area (Å²) in [5.41, 5.74) is 1.90. The predicted molar refractivity (Wildman–Crippen MR) is 146 cm³/mol. The van der Waals surface area contributed by atoms with Crippen molar-refractivity contribution in [2.24, 2.45) is 0 Å². The topological polar surface area (TPSA) is 108 Å². The molecule has 2 amide bonds. The van der Waals surface area contributed by atoms with E-state index < -0.39 is 11.6 Å². The second kappa shape index (κ2) is 10.6. The van der Waals surface area contributed by atoms with Crippen LogP contribution >= 0.6 is 0 Å². The molecule has 0 spiro atoms. The number of para-hydroxylation sites is 1. The summed E-state index contributed by atoms with van der Waals surface area (Å²) in [7, 11) is 1.56. The minimum Gasteiger partial charge on any atom is -0.497 e. The molecule has 0 bridgehead atoms. The molecule has 5 rings (SSSR count). The molecular weight excluding hydrogens is 498 g/mol. The zero-order chi connectivity index (χ0) is 27.6. The normalized spacial score (nSPS) is 13.5. The molecule has 3 aromatic carbocycles. The average Bonchev–Trinajstić information content (AvgIpc) is 3.33. The Morgan fingerprint density at radius 2 is 1.79 bits per heavy atom. The van der Waals surface area contributed by atoms with Gasteiger partial charge in [0, 0.05) is 17.3 Å². The monoisotopic (exact) mass is 529 g/mol. The van der Waals surface area contributed by atoms with Crippen molar-refractivity contribution in [2.45, 2.75) is 38.9 Å². The number of methoxy groups -OCH3 is 1. The number of fused-ring (bicyclic) bond motifs is 2. The van der Waals surface area contributed by atoms with Crippen LogP contribution in [0.1, 0.15) is 32.4 Å². The van der Waals surface area contributed by atoms with Crippen LogP contribution in [0.25, 0.3) is 11.0 Å². The van der Waals surface area contributed by atoms with E-state index in [4.69, 9.17) is 14.2 Å². The fourth-order valence-corrected chi connectivity index (χ4v) is 4.52. The quantitative estimate of drug-likeness (QED) is 0.387. The number of benzene rings is 3. The van der Waals surface area contributed by atoms with Crippen LogP contribution in [0.15, 0.2) is 66.7 Å². The van der Waals surface area contributed by atoms with E-state index in [1.165, 1.54) is 9.58 Å². The van der Waals surface area contributed by atoms with E-state index in [1.54, 1.807) is 49.6 Å². The van der Waals surface area contributed by atoms with E-state index >= 15 is 0 Å². The standard InChI is InChI=1S/C29H31N5O5/c1-29(2,3)30-28(36)27(19-8-7-9-21(16-19)37-4)34(20-12-13-24-25(17-20)39-15-14-38-24)26(35)18-33-23-11-6-5-10-22(23)31-32-33/h5-13,16-17,27H,14-15,18H2,1-4H3,(H,30,36)/t27-/m0/s1. The largest absolute Gasteiger partial charge is 0.497 e. The van der Waals surface area contributed by atoms with Gasteiger partial charge in [-0.05, 0) is 62.7 Å². The minimum atomic E-state index is -1.02. The first-order valence-electron chi connectivity index (χ1n) is 12.7. The molecular formula is C29H31N5O5. The van der Waals surface area contributed by atoms with Crippen molar-refractivity contribution in [1.82, 2.24) is 20.3 Å². The number of carbonyl (C=O) groups is 2. The van der Waals surface area contributed by atoms with E-state index in [1.807, 2.05) is 45.0 Å². The molecule has 0 saturated carbocycles. The Balaban J connectivity index is 1.64. The maximum absolute atomic E-state index is 14.2. The molecule has 4 aromatic rings. The molecule has 2 heterocycles. The number of hydrogen-bond donors (Lipinski definition) is 1. The van der Waals surface area contributed by atoms with Crippen LogP contribution < -0.4 is 24.4 Å². The van der Waals surface area contributed by atoms with Gasteiger partial charge in [0.1, 0.15) is 37.1 Å². The summed E-state index contributed by atoms with van der Waals surface area (Å²) in [5, 5.41) is 11.4. The molecule has 0 saturated heterocycles. The molecule has 0 fully saturated rings. The van der Waals surface area contributed by atoms with Crippen LogP contribution in [0.4, 0.5) is 5.69 Å². The second-order valence-electron chi connectivity index (χ2n) is 10.2. The molecule has 0 aliphatic carbocycles. The number of rotatable bonds is 7. The van der Waals surface area contributed by atoms with Crippen LogP contribution in [0.3, 0.4) is 0 Å². The molecule has 1 aliphatic rings. The van der Waals surface area contributed by atoms with Crippen molar-refractivity contribution in [1.29, 1.82) is 0 Å². The zero-order valence-electron chi connectivity index (χ0n) is 22.4. The van der Waals surface area contributed by atoms with Crippen molar-refractivity contribution < 1.29 is 23.8 Å². The van der Waals surface area contributed by atoms with Crippen LogP contribution in [0.2, 0.25) is 0 Å². The van der Waals surface area contributed by atoms with Gasteiger partial charge in [-0.25, -0.2) is 4.68 Å². The van der Waals surface area contributed by atoms with E-state index in [0.29, 0.717) is 52.7 Å². The van der Waals surface area contributed by atoms with Gasteiger partial charge in [0.05, 0.1) is 12.6 Å². The van der Waals surface area contributed by atoms with Gasteiger partial charge in [-0.2, -0.15) is 0 Å². The van der Waals surface area contributed by atoms with Gasteiger partial charge in [-0.1, -0.05) is 29.5 Å². The number of amides is 2. The Kier molecular flexibility index (Phi) is 7.10. The maximum atomic E-state index is 14.2. The van der Waals surface area contributed by atoms with Gasteiger partial charge in [0.25, 0.3) is 0 Å². The SMILES string of the molecule is COc1cccc([C@@H](C(=O)NC(C)(C)C)N(C(=O)Cn2nnc3ccccc32)c2ccc3c(c2)OCCO3)c1. The number of anilines is 1. The molecule has 10 heteroatoms. The first-order chi connectivity index (χ1) is 18.7. The van der Waals surface area contributed by atoms with Gasteiger partial charge < -0.3 is 19.5 Å². The highest BCUT2D eigenvalue weighted by atomic mass is 16.6. The van der Waals surface area contributed by atoms with Gasteiger partial charge >= 0.3 is 0 Å². The predicted octanol–water partition coefficient (Wildman–Crippen LogP) is 3.90. The lowest BCUT2D eigenvalue weighted by molar-refractivity contribution is -0.128. The smallest absolute Gasteiger partial charge is 0.249 e. The third-order valence-corrected chi connectivity index (χ3v) is 6.19. The highest BCUT2D eigenvalue weighted by molar-refractivity contribution is 6.02. The first kappa shape index (κ1) is 26.0. The number of nitrogens with one attached hydrogen (secondary N) is 1. The molecule has 0 radical (unpaired) electrons. The Morgan fingerprint density at radius 3 is 2.56 bits per heavy atom. The van der Waals surface area contributed by atoms with Crippen molar-refractivity contribution in [3.05, 3.63) is 72.3 Å². The number of ether oxygens (including phenoxy) is 3. The van der Waals surface area contributed by atoms with E-state index in [2.05, 4.69) is 15.6 Å². The summed E-state index contributed by atoms with van der Waals surface area (Å²) >= 11 is 0. The Hall–Kier alpha value is -4.60. The number of nitrogens with zero attached hydrogens (tertiary/aromatic N) is 4. The fraction of sp³-hybridized carbons (Fsp3) is 0.310. The zero-order valence-corrected chi connectivity index (χ0v) is 22.4. The van der Waals surface area contributed by atoms with Crippen molar-refractivity contribution in [2.75, 3.05) is 25.2 Å². The van der Waals surface area contributed by atoms with Crippen molar-refractivity contribution >= 4 is 28.5 Å². The summed E-state index contributed by atoms with van der Waals surface area (Å²) in [6, 6.07) is 18.8. The molecule has 1 N–H and O–H groups in total. The lowest BCUT2D eigenvalue weighted by Gasteiger charge is -2.34. The lowest BCUT2D eigenvalue weighted by Crippen LogP contribution is -2.50. The molecule has 39 heavy (non-hydrogen) atoms. The van der Waals surface area contributed by atoms with Crippen molar-refractivity contribution in [3.63, 3.8) is 0 Å². The summed E-state index contributed by atoms with van der Waals surface area (Å²) < 4.78 is 18.5. The Bertz CT molecular complexity index is 1510. The van der Waals surface area contributed by atoms with Gasteiger partial charge in [-0.15, -0.1) is 5.10 Å². The third-order valence-electron chi connectivity index (χ3n) is 6.19. The molecule has 202 valence electrons. The number of hydrogen-bond acceptors (Lipinski definition) is 7. The lowest BCUT2D eigenvalue weighted by atomic mass is 10.00. The maximum Gasteiger partial charge on any atom is 0.249 e. The summed E-state index contributed by atoms with van der Waals surface area (Å²) in [6.45, 7) is 6.37. The summed E-state index contributed by atoms with van der Waals surface area (Å²) in [6.07, 6.45) is 0. The highest BCUT2D eigenvalue weighted by Gasteiger charge is 2.35. The Labute approximate surface area is 226 Å². The molecule has 1 aromatic heterocycles. The van der Waals surface area contributed by atoms with Gasteiger partial charge in [0.2, 0.25) is 11.8 Å². The van der Waals surface area contributed by atoms with E-state index in [-0.39, 0.29) is 18.4 Å². The third kappa shape index (κ3) is 5.64. The average molecular weight is 530 g/mol. The number of carbonyl (C=O) groups excluding carboxylic acids is 2. The fourth-order valence-electron chi connectivity index (χ4n) is 4.52. The van der Waals surface area contributed by atoms with Crippen LogP contribution in [0.5, 0.6) is 17.2 Å². The summed E-state index contributed by atoms with van der Waals surface area (Å²) in [4.78, 5) is 29.6. The molecule has 1 aliphatic heterocycles. The second-order valence-corrected chi connectivity index (χ2v) is 10.2. The van der Waals surface area contributed by atoms with Gasteiger partial charge in [0.15, 0.2) is 11.5 Å². The molecule has 10 nitrogen and oxygen atoms in total. The van der Waals surface area contributed by atoms with E-state index in [0.717, 1.165) is 0 Å². The van der Waals surface area contributed by atoms with E-state index in [9.17, 15) is 9.59 Å². The van der Waals surface area contributed by atoms with Crippen LogP contribution in [-0.4, -0.2) is 52.7 Å². The first-order valence-corrected chi connectivity index (χ1v) is 12.7. The minimum absolute atomic E-state index is 0.141. The van der Waals surface area contributed by atoms with Crippen LogP contribution in [0, 0.1) is 0 Å². The molecule has 1 atom stereocenters. The Morgan fingerprint density at radius 1 is 1.03 bits per heavy atom.